The standard InChI is InChI=1S/C21H34N6OS/c22-18-25-21(26-20-11-14-23-15-12-20)24-13-7-2-1-3-8-16-29-27-28-17-19-9-5-4-6-10-19/h11-12,14-15,19,27H,1-10,13,16-17H2,(H2,23,24,25,26). The van der Waals surface area contributed by atoms with Crippen LogP contribution in [0.5, 0.6) is 0 Å². The van der Waals surface area contributed by atoms with E-state index in [1.165, 1.54) is 51.4 Å². The van der Waals surface area contributed by atoms with E-state index in [9.17, 15) is 0 Å². The first kappa shape index (κ1) is 23.5. The molecule has 1 aromatic heterocycles. The van der Waals surface area contributed by atoms with E-state index >= 15 is 0 Å². The van der Waals surface area contributed by atoms with Gasteiger partial charge < -0.3 is 5.32 Å². The quantitative estimate of drug-likeness (QED) is 0.0818. The molecule has 1 fully saturated rings. The molecule has 0 unspecified atom stereocenters. The Morgan fingerprint density at radius 3 is 2.69 bits per heavy atom. The summed E-state index contributed by atoms with van der Waals surface area (Å²) in [5, 5.41) is 14.5. The van der Waals surface area contributed by atoms with Crippen molar-refractivity contribution in [1.29, 1.82) is 5.26 Å². The van der Waals surface area contributed by atoms with Crippen molar-refractivity contribution in [1.82, 2.24) is 15.2 Å². The van der Waals surface area contributed by atoms with Gasteiger partial charge in [-0.05, 0) is 43.7 Å². The summed E-state index contributed by atoms with van der Waals surface area (Å²) in [7, 11) is 0. The van der Waals surface area contributed by atoms with Crippen molar-refractivity contribution in [3.05, 3.63) is 24.5 Å². The third-order valence-corrected chi connectivity index (χ3v) is 5.68. The molecule has 1 aliphatic carbocycles. The Kier molecular flexibility index (Phi) is 13.0. The van der Waals surface area contributed by atoms with E-state index in [0.29, 0.717) is 12.5 Å². The Labute approximate surface area is 179 Å². The molecular weight excluding hydrogens is 384 g/mol. The summed E-state index contributed by atoms with van der Waals surface area (Å²) in [6.45, 7) is 1.56. The molecule has 160 valence electrons. The topological polar surface area (TPSA) is 94.4 Å². The van der Waals surface area contributed by atoms with Gasteiger partial charge in [-0.2, -0.15) is 5.26 Å². The zero-order valence-electron chi connectivity index (χ0n) is 17.2. The highest BCUT2D eigenvalue weighted by molar-refractivity contribution is 7.97. The lowest BCUT2D eigenvalue weighted by atomic mass is 9.90. The zero-order chi connectivity index (χ0) is 20.4. The first-order valence-electron chi connectivity index (χ1n) is 10.7. The highest BCUT2D eigenvalue weighted by Crippen LogP contribution is 2.23. The Balaban J connectivity index is 1.41. The van der Waals surface area contributed by atoms with Crippen molar-refractivity contribution in [2.45, 2.75) is 64.2 Å². The lowest BCUT2D eigenvalue weighted by molar-refractivity contribution is 0.0577. The molecule has 0 amide bonds. The molecule has 8 heteroatoms. The normalized spacial score (nSPS) is 15.1. The van der Waals surface area contributed by atoms with E-state index in [1.54, 1.807) is 24.3 Å². The zero-order valence-corrected chi connectivity index (χ0v) is 18.1. The van der Waals surface area contributed by atoms with Crippen LogP contribution in [0.1, 0.15) is 64.2 Å². The Morgan fingerprint density at radius 1 is 1.14 bits per heavy atom. The SMILES string of the molecule is N#CNC(=NCCCCCCCSNOCC1CCCCC1)Nc1ccncc1. The minimum atomic E-state index is 0.481. The first-order valence-corrected chi connectivity index (χ1v) is 11.7. The molecule has 0 aliphatic heterocycles. The third-order valence-electron chi connectivity index (χ3n) is 4.95. The van der Waals surface area contributed by atoms with Crippen LogP contribution in [0.2, 0.25) is 0 Å². The maximum atomic E-state index is 8.85. The van der Waals surface area contributed by atoms with E-state index < -0.39 is 0 Å². The number of nitrogens with zero attached hydrogens (tertiary/aromatic N) is 3. The van der Waals surface area contributed by atoms with Crippen molar-refractivity contribution >= 4 is 23.6 Å². The van der Waals surface area contributed by atoms with Crippen molar-refractivity contribution in [3.63, 3.8) is 0 Å². The van der Waals surface area contributed by atoms with Crippen LogP contribution in [0, 0.1) is 17.4 Å². The van der Waals surface area contributed by atoms with Crippen LogP contribution >= 0.6 is 11.9 Å². The predicted molar refractivity (Wildman–Crippen MR) is 120 cm³/mol. The maximum Gasteiger partial charge on any atom is 0.209 e. The molecular formula is C21H34N6OS. The number of guanidine groups is 1. The van der Waals surface area contributed by atoms with Crippen LogP contribution < -0.4 is 15.5 Å². The minimum absolute atomic E-state index is 0.481. The van der Waals surface area contributed by atoms with Crippen LogP contribution in [-0.2, 0) is 4.84 Å². The molecule has 1 heterocycles. The fourth-order valence-electron chi connectivity index (χ4n) is 3.33. The molecule has 0 bridgehead atoms. The summed E-state index contributed by atoms with van der Waals surface area (Å²) in [4.78, 5) is 17.0. The van der Waals surface area contributed by atoms with Crippen LogP contribution in [-0.4, -0.2) is 29.8 Å². The Bertz CT molecular complexity index is 601. The van der Waals surface area contributed by atoms with Crippen LogP contribution in [0.25, 0.3) is 0 Å². The summed E-state index contributed by atoms with van der Waals surface area (Å²) >= 11 is 1.67. The molecule has 7 nitrogen and oxygen atoms in total. The van der Waals surface area contributed by atoms with Gasteiger partial charge in [-0.3, -0.25) is 20.1 Å². The highest BCUT2D eigenvalue weighted by atomic mass is 32.2. The molecule has 0 aromatic carbocycles. The lowest BCUT2D eigenvalue weighted by Crippen LogP contribution is -2.27. The Hall–Kier alpha value is -1.82. The third kappa shape index (κ3) is 11.7. The van der Waals surface area contributed by atoms with Gasteiger partial charge in [0.2, 0.25) is 5.96 Å². The van der Waals surface area contributed by atoms with Gasteiger partial charge in [0.15, 0.2) is 6.19 Å². The number of unbranched alkanes of at least 4 members (excludes halogenated alkanes) is 4. The molecule has 0 saturated heterocycles. The van der Waals surface area contributed by atoms with E-state index in [1.807, 2.05) is 18.3 Å². The molecule has 0 spiro atoms. The molecule has 29 heavy (non-hydrogen) atoms. The summed E-state index contributed by atoms with van der Waals surface area (Å²) in [5.41, 5.74) is 0.857. The predicted octanol–water partition coefficient (Wildman–Crippen LogP) is 4.62. The van der Waals surface area contributed by atoms with Gasteiger partial charge in [0.05, 0.1) is 6.61 Å². The van der Waals surface area contributed by atoms with Gasteiger partial charge in [0.25, 0.3) is 0 Å². The van der Waals surface area contributed by atoms with E-state index in [2.05, 4.69) is 25.5 Å². The van der Waals surface area contributed by atoms with Crippen molar-refractivity contribution in [2.75, 3.05) is 24.2 Å². The molecule has 2 rings (SSSR count). The van der Waals surface area contributed by atoms with Crippen molar-refractivity contribution < 1.29 is 4.84 Å². The summed E-state index contributed by atoms with van der Waals surface area (Å²) in [6.07, 6.45) is 17.9. The van der Waals surface area contributed by atoms with Crippen molar-refractivity contribution in [3.8, 4) is 6.19 Å². The number of hydrogen-bond acceptors (Lipinski definition) is 6. The van der Waals surface area contributed by atoms with E-state index in [0.717, 1.165) is 36.8 Å². The molecule has 1 aromatic rings. The van der Waals surface area contributed by atoms with Gasteiger partial charge in [-0.1, -0.05) is 50.5 Å². The van der Waals surface area contributed by atoms with E-state index in [-0.39, 0.29) is 0 Å². The summed E-state index contributed by atoms with van der Waals surface area (Å²) < 4.78 is 0. The van der Waals surface area contributed by atoms with Gasteiger partial charge in [-0.25, -0.2) is 0 Å². The molecule has 0 atom stereocenters. The average molecular weight is 419 g/mol. The number of pyridine rings is 1. The fourth-order valence-corrected chi connectivity index (χ4v) is 3.91. The molecule has 1 aliphatic rings. The number of anilines is 1. The molecule has 3 N–H and O–H groups in total. The Morgan fingerprint density at radius 2 is 1.90 bits per heavy atom. The molecule has 1 saturated carbocycles. The van der Waals surface area contributed by atoms with Crippen LogP contribution in [0.3, 0.4) is 0 Å². The second kappa shape index (κ2) is 16.0. The second-order valence-corrected chi connectivity index (χ2v) is 8.21. The van der Waals surface area contributed by atoms with Gasteiger partial charge >= 0.3 is 0 Å². The number of hydrogen-bond donors (Lipinski definition) is 3. The second-order valence-electron chi connectivity index (χ2n) is 7.34. The number of nitriles is 1. The van der Waals surface area contributed by atoms with Crippen LogP contribution in [0.15, 0.2) is 29.5 Å². The summed E-state index contributed by atoms with van der Waals surface area (Å²) in [6, 6.07) is 3.67. The first-order chi connectivity index (χ1) is 14.4. The van der Waals surface area contributed by atoms with E-state index in [4.69, 9.17) is 10.1 Å². The maximum absolute atomic E-state index is 8.85. The average Bonchev–Trinajstić information content (AvgIpc) is 2.76. The smallest absolute Gasteiger partial charge is 0.209 e. The van der Waals surface area contributed by atoms with Gasteiger partial charge in [0, 0.05) is 30.4 Å². The number of aliphatic imine (C=N–C) groups is 1. The fraction of sp³-hybridized carbons (Fsp3) is 0.667. The highest BCUT2D eigenvalue weighted by Gasteiger charge is 2.13. The minimum Gasteiger partial charge on any atom is -0.325 e. The number of rotatable bonds is 13. The monoisotopic (exact) mass is 418 g/mol. The largest absolute Gasteiger partial charge is 0.325 e. The molecule has 0 radical (unpaired) electrons. The number of nitrogens with one attached hydrogen (secondary N) is 3. The van der Waals surface area contributed by atoms with Crippen LogP contribution in [0.4, 0.5) is 5.69 Å². The van der Waals surface area contributed by atoms with Crippen molar-refractivity contribution in [2.24, 2.45) is 10.9 Å². The van der Waals surface area contributed by atoms with Gasteiger partial charge in [0.1, 0.15) is 0 Å². The lowest BCUT2D eigenvalue weighted by Gasteiger charge is -2.20. The number of aromatic nitrogens is 1. The summed E-state index contributed by atoms with van der Waals surface area (Å²) in [5.74, 6) is 2.31. The van der Waals surface area contributed by atoms with Gasteiger partial charge in [-0.15, -0.1) is 4.89 Å².